The summed E-state index contributed by atoms with van der Waals surface area (Å²) in [5, 5.41) is 42.6. The Kier molecular flexibility index (Phi) is 6.54. The minimum absolute atomic E-state index is 0.0885. The average Bonchev–Trinajstić information content (AvgIpc) is 3.63. The molecule has 0 spiro atoms. The van der Waals surface area contributed by atoms with Gasteiger partial charge in [-0.25, -0.2) is 9.97 Å². The third-order valence-corrected chi connectivity index (χ3v) is 6.73. The fourth-order valence-corrected chi connectivity index (χ4v) is 4.99. The van der Waals surface area contributed by atoms with Gasteiger partial charge in [0.15, 0.2) is 23.8 Å². The van der Waals surface area contributed by atoms with E-state index in [1.807, 2.05) is 6.92 Å². The smallest absolute Gasteiger partial charge is 0.269 e. The second kappa shape index (κ2) is 9.48. The molecule has 190 valence electrons. The van der Waals surface area contributed by atoms with Crippen molar-refractivity contribution in [2.45, 2.75) is 69.0 Å². The predicted octanol–water partition coefficient (Wildman–Crippen LogP) is -1.22. The molecule has 2 fully saturated rings. The van der Waals surface area contributed by atoms with Gasteiger partial charge in [0, 0.05) is 19.0 Å². The molecule has 14 nitrogen and oxygen atoms in total. The molecule has 0 amide bonds. The Bertz CT molecular complexity index is 1060. The number of nitrogens with zero attached hydrogens (tertiary/aromatic N) is 6. The fraction of sp³-hybridized carbons (Fsp3) is 0.619. The average molecular weight is 493 g/mol. The van der Waals surface area contributed by atoms with Gasteiger partial charge in [0.2, 0.25) is 18.8 Å². The van der Waals surface area contributed by atoms with Crippen molar-refractivity contribution in [2.75, 3.05) is 18.9 Å². The Hall–Kier alpha value is -2.56. The summed E-state index contributed by atoms with van der Waals surface area (Å²) in [5.74, 6) is 0.412. The Balaban J connectivity index is 1.56. The summed E-state index contributed by atoms with van der Waals surface area (Å²) < 4.78 is 19.6. The van der Waals surface area contributed by atoms with Crippen LogP contribution in [0.25, 0.3) is 0 Å². The number of aliphatic hydroxyl groups is 4. The maximum absolute atomic E-state index is 11.3. The van der Waals surface area contributed by atoms with Gasteiger partial charge in [-0.05, 0) is 6.42 Å². The molecule has 0 aromatic carbocycles. The highest BCUT2D eigenvalue weighted by molar-refractivity contribution is 5.91. The normalized spacial score (nSPS) is 37.1. The molecule has 5 heterocycles. The van der Waals surface area contributed by atoms with Crippen LogP contribution in [0.5, 0.6) is 0 Å². The molecule has 0 aliphatic carbocycles. The van der Waals surface area contributed by atoms with Crippen molar-refractivity contribution < 1.29 is 34.6 Å². The number of fused-ring (bicyclic) bond motifs is 1. The second-order valence-electron chi connectivity index (χ2n) is 8.87. The number of aliphatic hydroxyl groups excluding tert-OH is 4. The van der Waals surface area contributed by atoms with E-state index in [1.165, 1.54) is 12.7 Å². The first-order valence-corrected chi connectivity index (χ1v) is 11.5. The zero-order chi connectivity index (χ0) is 24.7. The number of hydrogen-bond acceptors (Lipinski definition) is 12. The van der Waals surface area contributed by atoms with E-state index in [9.17, 15) is 20.4 Å². The van der Waals surface area contributed by atoms with Gasteiger partial charge in [-0.1, -0.05) is 6.92 Å². The highest BCUT2D eigenvalue weighted by atomic mass is 16.6. The number of nitrogen functional groups attached to an aromatic ring is 1. The van der Waals surface area contributed by atoms with Crippen LogP contribution in [-0.2, 0) is 14.2 Å². The van der Waals surface area contributed by atoms with Crippen molar-refractivity contribution in [1.82, 2.24) is 24.0 Å². The molecule has 14 heteroatoms. The van der Waals surface area contributed by atoms with E-state index in [-0.39, 0.29) is 17.9 Å². The lowest BCUT2D eigenvalue weighted by Crippen LogP contribution is -2.65. The van der Waals surface area contributed by atoms with E-state index in [1.54, 1.807) is 23.3 Å². The van der Waals surface area contributed by atoms with Gasteiger partial charge in [-0.3, -0.25) is 0 Å². The Morgan fingerprint density at radius 2 is 2.09 bits per heavy atom. The number of quaternary nitrogens is 1. The lowest BCUT2D eigenvalue weighted by atomic mass is 10.1. The maximum Gasteiger partial charge on any atom is 0.269 e. The molecule has 2 saturated heterocycles. The molecule has 35 heavy (non-hydrogen) atoms. The molecule has 3 aliphatic rings. The van der Waals surface area contributed by atoms with E-state index in [0.29, 0.717) is 12.4 Å². The highest BCUT2D eigenvalue weighted by Gasteiger charge is 2.64. The third-order valence-electron chi connectivity index (χ3n) is 6.73. The SMILES string of the molecule is CCCOC([C@H]1O[C@@H]([N+]2([C@@H]3C[C@H](O)[C@@H](CO)O3)C=Nc3c(N)ncnc32)[C@H](O)[C@@H]1O)n1ccnc1. The van der Waals surface area contributed by atoms with Crippen LogP contribution in [-0.4, -0.2) is 102 Å². The van der Waals surface area contributed by atoms with E-state index >= 15 is 0 Å². The Morgan fingerprint density at radius 3 is 2.77 bits per heavy atom. The molecular formula is C21H30N7O7+. The summed E-state index contributed by atoms with van der Waals surface area (Å²) in [6.07, 6.45) is 0.00410. The number of aromatic nitrogens is 4. The summed E-state index contributed by atoms with van der Waals surface area (Å²) in [7, 11) is 0. The van der Waals surface area contributed by atoms with Gasteiger partial charge < -0.3 is 44.9 Å². The molecule has 2 aromatic rings. The summed E-state index contributed by atoms with van der Waals surface area (Å²) in [4.78, 5) is 16.8. The minimum atomic E-state index is -1.42. The predicted molar refractivity (Wildman–Crippen MR) is 121 cm³/mol. The third kappa shape index (κ3) is 3.82. The number of aliphatic imine (C=N–C) groups is 1. The van der Waals surface area contributed by atoms with E-state index in [0.717, 1.165) is 6.42 Å². The molecule has 9 atom stereocenters. The van der Waals surface area contributed by atoms with Gasteiger partial charge >= 0.3 is 0 Å². The van der Waals surface area contributed by atoms with Gasteiger partial charge in [-0.15, -0.1) is 0 Å². The summed E-state index contributed by atoms with van der Waals surface area (Å²) in [5.41, 5.74) is 6.32. The lowest BCUT2D eigenvalue weighted by molar-refractivity contribution is -0.163. The maximum atomic E-state index is 11.3. The van der Waals surface area contributed by atoms with E-state index in [4.69, 9.17) is 19.9 Å². The molecule has 0 radical (unpaired) electrons. The summed E-state index contributed by atoms with van der Waals surface area (Å²) in [6.45, 7) is 1.94. The zero-order valence-corrected chi connectivity index (χ0v) is 19.1. The molecule has 3 aliphatic heterocycles. The van der Waals surface area contributed by atoms with Gasteiger partial charge in [0.25, 0.3) is 5.82 Å². The molecule has 2 aromatic heterocycles. The van der Waals surface area contributed by atoms with E-state index in [2.05, 4.69) is 19.9 Å². The molecule has 0 saturated carbocycles. The molecular weight excluding hydrogens is 462 g/mol. The van der Waals surface area contributed by atoms with Crippen molar-refractivity contribution >= 4 is 23.7 Å². The number of imidazole rings is 1. The lowest BCUT2D eigenvalue weighted by Gasteiger charge is -2.39. The molecule has 0 bridgehead atoms. The first kappa shape index (κ1) is 24.1. The minimum Gasteiger partial charge on any atom is -0.394 e. The van der Waals surface area contributed by atoms with Crippen LogP contribution in [0.2, 0.25) is 0 Å². The van der Waals surface area contributed by atoms with Crippen molar-refractivity contribution in [1.29, 1.82) is 0 Å². The van der Waals surface area contributed by atoms with Crippen LogP contribution >= 0.6 is 0 Å². The van der Waals surface area contributed by atoms with Crippen LogP contribution in [0.15, 0.2) is 30.0 Å². The number of rotatable bonds is 8. The van der Waals surface area contributed by atoms with Crippen LogP contribution in [0, 0.1) is 0 Å². The first-order chi connectivity index (χ1) is 16.9. The zero-order valence-electron chi connectivity index (χ0n) is 19.1. The highest BCUT2D eigenvalue weighted by Crippen LogP contribution is 2.48. The van der Waals surface area contributed by atoms with Crippen LogP contribution in [0.1, 0.15) is 26.0 Å². The van der Waals surface area contributed by atoms with Gasteiger partial charge in [-0.2, -0.15) is 14.5 Å². The Morgan fingerprint density at radius 1 is 1.26 bits per heavy atom. The molecule has 5 rings (SSSR count). The van der Waals surface area contributed by atoms with Gasteiger partial charge in [0.05, 0.1) is 25.5 Å². The number of nitrogens with two attached hydrogens (primary N) is 1. The van der Waals surface area contributed by atoms with Crippen LogP contribution in [0.3, 0.4) is 0 Å². The topological polar surface area (TPSA) is 191 Å². The van der Waals surface area contributed by atoms with E-state index < -0.39 is 60.3 Å². The summed E-state index contributed by atoms with van der Waals surface area (Å²) in [6, 6.07) is 0. The quantitative estimate of drug-likeness (QED) is 0.277. The van der Waals surface area contributed by atoms with Crippen molar-refractivity contribution in [3.05, 3.63) is 25.0 Å². The number of hydrogen-bond donors (Lipinski definition) is 5. The van der Waals surface area contributed by atoms with Crippen LogP contribution in [0.4, 0.5) is 17.3 Å². The first-order valence-electron chi connectivity index (χ1n) is 11.5. The summed E-state index contributed by atoms with van der Waals surface area (Å²) >= 11 is 0. The largest absolute Gasteiger partial charge is 0.394 e. The van der Waals surface area contributed by atoms with Crippen molar-refractivity contribution in [3.8, 4) is 0 Å². The van der Waals surface area contributed by atoms with Crippen molar-refractivity contribution in [3.63, 3.8) is 0 Å². The van der Waals surface area contributed by atoms with Crippen molar-refractivity contribution in [2.24, 2.45) is 4.99 Å². The molecule has 6 N–H and O–H groups in total. The Labute approximate surface area is 200 Å². The van der Waals surface area contributed by atoms with Gasteiger partial charge in [0.1, 0.15) is 24.6 Å². The monoisotopic (exact) mass is 492 g/mol. The molecule has 2 unspecified atom stereocenters. The standard InChI is InChI=1S/C21H30N7O7/c1-2-5-33-20(27-4-3-23-9-27)17-15(31)16(32)21(35-17)28(13-6-11(30)12(7-29)34-13)10-26-14-18(22)24-8-25-19(14)28/h3-4,8-13,15-17,20-21,29-32H,2,5-7H2,1H3,(H2,22,24,25)/q+1/t11-,12+,13-,15-,16+,17-,20?,21+,28?/m0/s1. The van der Waals surface area contributed by atoms with Crippen LogP contribution < -0.4 is 10.2 Å². The fourth-order valence-electron chi connectivity index (χ4n) is 4.99. The number of anilines is 1. The second-order valence-corrected chi connectivity index (χ2v) is 8.87. The number of ether oxygens (including phenoxy) is 3.